The summed E-state index contributed by atoms with van der Waals surface area (Å²) in [6.07, 6.45) is -0.531. The number of amides is 1. The van der Waals surface area contributed by atoms with Crippen LogP contribution in [0.25, 0.3) is 0 Å². The molecule has 0 saturated carbocycles. The molecule has 0 bridgehead atoms. The first-order valence-corrected chi connectivity index (χ1v) is 10.1. The van der Waals surface area contributed by atoms with Crippen LogP contribution in [0.1, 0.15) is 55.6 Å². The number of alkyl carbamates (subject to hydrolysis) is 1. The van der Waals surface area contributed by atoms with Gasteiger partial charge in [-0.1, -0.05) is 71.1 Å². The number of carbonyl (C=O) groups excluding carboxylic acids is 1. The lowest BCUT2D eigenvalue weighted by Gasteiger charge is -2.22. The third kappa shape index (κ3) is 7.90. The third-order valence-corrected chi connectivity index (χ3v) is 4.21. The zero-order valence-electron chi connectivity index (χ0n) is 18.9. The fourth-order valence-electron chi connectivity index (χ4n) is 2.77. The van der Waals surface area contributed by atoms with Gasteiger partial charge in [0.1, 0.15) is 11.6 Å². The van der Waals surface area contributed by atoms with Crippen molar-refractivity contribution in [2.45, 2.75) is 38.5 Å². The molecule has 5 N–H and O–H groups in total. The number of tetrazole rings is 2. The molecule has 2 heterocycles. The summed E-state index contributed by atoms with van der Waals surface area (Å²) >= 11 is 0. The number of rotatable bonds is 5. The summed E-state index contributed by atoms with van der Waals surface area (Å²) in [4.78, 5) is 11.9. The Labute approximate surface area is 202 Å². The van der Waals surface area contributed by atoms with Gasteiger partial charge < -0.3 is 15.8 Å². The summed E-state index contributed by atoms with van der Waals surface area (Å²) < 4.78 is 5.25. The van der Waals surface area contributed by atoms with E-state index in [-0.39, 0.29) is 18.4 Å². The second-order valence-electron chi connectivity index (χ2n) is 7.92. The molecule has 0 fully saturated rings. The number of halogens is 1. The van der Waals surface area contributed by atoms with Crippen LogP contribution in [0.3, 0.4) is 0 Å². The number of hydrogen-bond acceptors (Lipinski definition) is 9. The number of H-pyrrole nitrogens is 2. The van der Waals surface area contributed by atoms with Crippen molar-refractivity contribution >= 4 is 18.5 Å². The molecule has 0 radical (unpaired) electrons. The molecule has 2 unspecified atom stereocenters. The highest BCUT2D eigenvalue weighted by Gasteiger charge is 2.24. The SMILES string of the molecule is CC(C)(C)OC(=O)NC(c1ccccc1)c1nn[nH]n1.Cl.NC(c1ccccc1)c1nn[nH]n1. The molecule has 0 aliphatic carbocycles. The first-order valence-electron chi connectivity index (χ1n) is 10.1. The van der Waals surface area contributed by atoms with Gasteiger partial charge in [0.2, 0.25) is 5.82 Å². The normalized spacial score (nSPS) is 12.4. The molecule has 180 valence electrons. The first kappa shape index (κ1) is 26.4. The maximum Gasteiger partial charge on any atom is 0.408 e. The van der Waals surface area contributed by atoms with Crippen molar-refractivity contribution in [2.24, 2.45) is 5.73 Å². The molecular formula is C21H27ClN10O2. The van der Waals surface area contributed by atoms with Gasteiger partial charge in [0, 0.05) is 0 Å². The van der Waals surface area contributed by atoms with Gasteiger partial charge in [-0.05, 0) is 31.9 Å². The van der Waals surface area contributed by atoms with Crippen LogP contribution in [0.2, 0.25) is 0 Å². The monoisotopic (exact) mass is 486 g/mol. The van der Waals surface area contributed by atoms with Crippen LogP contribution < -0.4 is 11.1 Å². The zero-order valence-corrected chi connectivity index (χ0v) is 19.7. The second-order valence-corrected chi connectivity index (χ2v) is 7.92. The highest BCUT2D eigenvalue weighted by atomic mass is 35.5. The number of nitrogens with one attached hydrogen (secondary N) is 3. The summed E-state index contributed by atoms with van der Waals surface area (Å²) in [6, 6.07) is 18.2. The van der Waals surface area contributed by atoms with E-state index in [1.807, 2.05) is 60.7 Å². The lowest BCUT2D eigenvalue weighted by molar-refractivity contribution is 0.0510. The van der Waals surface area contributed by atoms with Gasteiger partial charge in [-0.2, -0.15) is 10.4 Å². The average molecular weight is 487 g/mol. The summed E-state index contributed by atoms with van der Waals surface area (Å²) in [7, 11) is 0. The predicted octanol–water partition coefficient (Wildman–Crippen LogP) is 2.48. The number of benzene rings is 2. The largest absolute Gasteiger partial charge is 0.444 e. The third-order valence-electron chi connectivity index (χ3n) is 4.21. The zero-order chi connectivity index (χ0) is 23.7. The van der Waals surface area contributed by atoms with Gasteiger partial charge in [-0.25, -0.2) is 4.79 Å². The average Bonchev–Trinajstić information content (AvgIpc) is 3.52. The maximum absolute atomic E-state index is 11.9. The van der Waals surface area contributed by atoms with Crippen LogP contribution in [0, 0.1) is 0 Å². The molecule has 0 aliphatic heterocycles. The van der Waals surface area contributed by atoms with Crippen LogP contribution in [0.15, 0.2) is 60.7 Å². The molecule has 2 atom stereocenters. The fourth-order valence-corrected chi connectivity index (χ4v) is 2.77. The smallest absolute Gasteiger partial charge is 0.408 e. The van der Waals surface area contributed by atoms with Crippen molar-refractivity contribution in [3.63, 3.8) is 0 Å². The van der Waals surface area contributed by atoms with Gasteiger partial charge in [0.05, 0.1) is 6.04 Å². The van der Waals surface area contributed by atoms with E-state index in [1.165, 1.54) is 0 Å². The minimum atomic E-state index is -0.567. The van der Waals surface area contributed by atoms with E-state index in [9.17, 15) is 4.79 Å². The van der Waals surface area contributed by atoms with Crippen LogP contribution in [0.5, 0.6) is 0 Å². The number of ether oxygens (including phenoxy) is 1. The minimum Gasteiger partial charge on any atom is -0.444 e. The van der Waals surface area contributed by atoms with Gasteiger partial charge in [-0.3, -0.25) is 0 Å². The Morgan fingerprint density at radius 1 is 0.882 bits per heavy atom. The number of aromatic amines is 2. The molecule has 4 rings (SSSR count). The van der Waals surface area contributed by atoms with Gasteiger partial charge in [-0.15, -0.1) is 32.8 Å². The Balaban J connectivity index is 0.000000253. The molecule has 2 aromatic carbocycles. The lowest BCUT2D eigenvalue weighted by atomic mass is 10.1. The minimum absolute atomic E-state index is 0. The number of hydrogen-bond donors (Lipinski definition) is 4. The Kier molecular flexibility index (Phi) is 9.59. The van der Waals surface area contributed by atoms with E-state index in [0.717, 1.165) is 11.1 Å². The van der Waals surface area contributed by atoms with Crippen LogP contribution >= 0.6 is 12.4 Å². The van der Waals surface area contributed by atoms with E-state index in [1.54, 1.807) is 20.8 Å². The molecular weight excluding hydrogens is 460 g/mol. The van der Waals surface area contributed by atoms with Crippen molar-refractivity contribution in [1.82, 2.24) is 46.6 Å². The van der Waals surface area contributed by atoms with E-state index >= 15 is 0 Å². The maximum atomic E-state index is 11.9. The van der Waals surface area contributed by atoms with E-state index < -0.39 is 17.7 Å². The Hall–Kier alpha value is -3.90. The molecule has 13 heteroatoms. The summed E-state index contributed by atoms with van der Waals surface area (Å²) in [6.45, 7) is 5.41. The van der Waals surface area contributed by atoms with Crippen molar-refractivity contribution < 1.29 is 9.53 Å². The predicted molar refractivity (Wildman–Crippen MR) is 126 cm³/mol. The summed E-state index contributed by atoms with van der Waals surface area (Å²) in [5.74, 6) is 0.883. The molecule has 2 aromatic heterocycles. The highest BCUT2D eigenvalue weighted by Crippen LogP contribution is 2.19. The fraction of sp³-hybridized carbons (Fsp3) is 0.286. The van der Waals surface area contributed by atoms with Crippen molar-refractivity contribution in [3.8, 4) is 0 Å². The number of nitrogens with two attached hydrogens (primary N) is 1. The first-order chi connectivity index (χ1) is 15.8. The number of aromatic nitrogens is 8. The lowest BCUT2D eigenvalue weighted by Crippen LogP contribution is -2.35. The Bertz CT molecular complexity index is 1090. The van der Waals surface area contributed by atoms with Crippen molar-refractivity contribution in [2.75, 3.05) is 0 Å². The Morgan fingerprint density at radius 2 is 1.38 bits per heavy atom. The summed E-state index contributed by atoms with van der Waals surface area (Å²) in [5.41, 5.74) is 7.13. The van der Waals surface area contributed by atoms with Crippen LogP contribution in [-0.4, -0.2) is 52.9 Å². The van der Waals surface area contributed by atoms with Crippen LogP contribution in [-0.2, 0) is 4.74 Å². The number of nitrogens with zero attached hydrogens (tertiary/aromatic N) is 6. The highest BCUT2D eigenvalue weighted by molar-refractivity contribution is 5.85. The standard InChI is InChI=1S/C13H17N5O2.C8H9N5.ClH/c1-13(2,3)20-12(19)14-10(11-15-17-18-16-11)9-7-5-4-6-8-9;9-7(8-10-12-13-11-8)6-4-2-1-3-5-6;/h4-8,10H,1-3H3,(H,14,19)(H,15,16,17,18);1-5,7H,9H2,(H,10,11,12,13);1H. The van der Waals surface area contributed by atoms with E-state index in [2.05, 4.69) is 46.6 Å². The van der Waals surface area contributed by atoms with Gasteiger partial charge >= 0.3 is 6.09 Å². The molecule has 0 aliphatic rings. The molecule has 0 spiro atoms. The van der Waals surface area contributed by atoms with E-state index in [0.29, 0.717) is 11.6 Å². The molecule has 0 saturated heterocycles. The second kappa shape index (κ2) is 12.4. The number of carbonyl (C=O) groups is 1. The Morgan fingerprint density at radius 3 is 1.85 bits per heavy atom. The van der Waals surface area contributed by atoms with Gasteiger partial charge in [0.25, 0.3) is 0 Å². The molecule has 1 amide bonds. The molecule has 4 aromatic rings. The quantitative estimate of drug-likeness (QED) is 0.330. The van der Waals surface area contributed by atoms with E-state index in [4.69, 9.17) is 10.5 Å². The van der Waals surface area contributed by atoms with Crippen LogP contribution in [0.4, 0.5) is 4.79 Å². The topological polar surface area (TPSA) is 173 Å². The summed E-state index contributed by atoms with van der Waals surface area (Å²) in [5, 5.41) is 30.0. The van der Waals surface area contributed by atoms with Crippen molar-refractivity contribution in [1.29, 1.82) is 0 Å². The molecule has 34 heavy (non-hydrogen) atoms. The van der Waals surface area contributed by atoms with Crippen molar-refractivity contribution in [3.05, 3.63) is 83.4 Å². The molecule has 12 nitrogen and oxygen atoms in total. The van der Waals surface area contributed by atoms with Gasteiger partial charge in [0.15, 0.2) is 5.82 Å².